The van der Waals surface area contributed by atoms with Gasteiger partial charge < -0.3 is 19.5 Å². The van der Waals surface area contributed by atoms with Gasteiger partial charge in [-0.1, -0.05) is 17.7 Å². The Balaban J connectivity index is 2.11. The second kappa shape index (κ2) is 9.15. The first-order valence-corrected chi connectivity index (χ1v) is 6.90. The SMILES string of the molecule is Cc1ccc(OCCOCC[NH+](C)CCO)c(Cl)c1. The molecule has 2 N–H and O–H groups in total. The highest BCUT2D eigenvalue weighted by molar-refractivity contribution is 6.32. The topological polar surface area (TPSA) is 43.1 Å². The van der Waals surface area contributed by atoms with Gasteiger partial charge in [-0.25, -0.2) is 0 Å². The van der Waals surface area contributed by atoms with Gasteiger partial charge in [-0.2, -0.15) is 0 Å². The highest BCUT2D eigenvalue weighted by atomic mass is 35.5. The van der Waals surface area contributed by atoms with Crippen LogP contribution in [0.2, 0.25) is 5.02 Å². The number of aliphatic hydroxyl groups excluding tert-OH is 1. The van der Waals surface area contributed by atoms with Crippen molar-refractivity contribution in [1.82, 2.24) is 0 Å². The first-order valence-electron chi connectivity index (χ1n) is 6.52. The Morgan fingerprint density at radius 2 is 2.00 bits per heavy atom. The second-order valence-corrected chi connectivity index (χ2v) is 4.98. The fourth-order valence-corrected chi connectivity index (χ4v) is 1.89. The van der Waals surface area contributed by atoms with E-state index in [2.05, 4.69) is 0 Å². The maximum Gasteiger partial charge on any atom is 0.138 e. The van der Waals surface area contributed by atoms with Crippen molar-refractivity contribution in [3.8, 4) is 5.75 Å². The third-order valence-corrected chi connectivity index (χ3v) is 3.08. The Bertz CT molecular complexity index is 374. The van der Waals surface area contributed by atoms with E-state index in [-0.39, 0.29) is 6.61 Å². The van der Waals surface area contributed by atoms with Crippen molar-refractivity contribution in [2.45, 2.75) is 6.92 Å². The van der Waals surface area contributed by atoms with Crippen LogP contribution < -0.4 is 9.64 Å². The van der Waals surface area contributed by atoms with Gasteiger partial charge in [0.1, 0.15) is 25.4 Å². The van der Waals surface area contributed by atoms with E-state index in [9.17, 15) is 0 Å². The lowest BCUT2D eigenvalue weighted by Crippen LogP contribution is -3.10. The quantitative estimate of drug-likeness (QED) is 0.652. The summed E-state index contributed by atoms with van der Waals surface area (Å²) in [6.45, 7) is 5.52. The Labute approximate surface area is 119 Å². The third kappa shape index (κ3) is 6.78. The predicted molar refractivity (Wildman–Crippen MR) is 76.2 cm³/mol. The molecular formula is C14H23ClNO3+. The molecule has 0 spiro atoms. The summed E-state index contributed by atoms with van der Waals surface area (Å²) in [7, 11) is 2.03. The number of benzene rings is 1. The van der Waals surface area contributed by atoms with Crippen molar-refractivity contribution in [2.24, 2.45) is 0 Å². The Kier molecular flexibility index (Phi) is 7.82. The zero-order chi connectivity index (χ0) is 14.1. The number of halogens is 1. The summed E-state index contributed by atoms with van der Waals surface area (Å²) in [5.74, 6) is 0.693. The fraction of sp³-hybridized carbons (Fsp3) is 0.571. The number of nitrogens with one attached hydrogen (secondary N) is 1. The summed E-state index contributed by atoms with van der Waals surface area (Å²) in [5.41, 5.74) is 1.11. The summed E-state index contributed by atoms with van der Waals surface area (Å²) in [6, 6.07) is 5.72. The molecule has 0 radical (unpaired) electrons. The summed E-state index contributed by atoms with van der Waals surface area (Å²) in [5, 5.41) is 9.39. The molecule has 0 bridgehead atoms. The van der Waals surface area contributed by atoms with Gasteiger partial charge in [-0.3, -0.25) is 0 Å². The molecule has 4 nitrogen and oxygen atoms in total. The standard InChI is InChI=1S/C14H22ClNO3/c1-12-3-4-14(13(15)11-12)19-10-9-18-8-6-16(2)5-7-17/h3-4,11,17H,5-10H2,1-2H3/p+1. The number of hydrogen-bond donors (Lipinski definition) is 2. The van der Waals surface area contributed by atoms with Gasteiger partial charge in [0.15, 0.2) is 0 Å². The predicted octanol–water partition coefficient (Wildman–Crippen LogP) is 0.551. The van der Waals surface area contributed by atoms with Crippen LogP contribution in [-0.4, -0.2) is 51.7 Å². The average molecular weight is 289 g/mol. The van der Waals surface area contributed by atoms with Crippen LogP contribution in [0.1, 0.15) is 5.56 Å². The molecule has 0 amide bonds. The maximum atomic E-state index is 8.75. The minimum Gasteiger partial charge on any atom is -0.490 e. The van der Waals surface area contributed by atoms with E-state index in [4.69, 9.17) is 26.2 Å². The lowest BCUT2D eigenvalue weighted by atomic mass is 10.2. The molecule has 0 heterocycles. The number of quaternary nitrogens is 1. The van der Waals surface area contributed by atoms with Gasteiger partial charge >= 0.3 is 0 Å². The Morgan fingerprint density at radius 1 is 1.21 bits per heavy atom. The van der Waals surface area contributed by atoms with Crippen LogP contribution in [0.4, 0.5) is 0 Å². The summed E-state index contributed by atoms with van der Waals surface area (Å²) >= 11 is 6.05. The molecule has 0 saturated carbocycles. The zero-order valence-electron chi connectivity index (χ0n) is 11.6. The van der Waals surface area contributed by atoms with Crippen molar-refractivity contribution in [3.05, 3.63) is 28.8 Å². The molecular weight excluding hydrogens is 266 g/mol. The number of hydrogen-bond acceptors (Lipinski definition) is 3. The smallest absolute Gasteiger partial charge is 0.138 e. The number of aryl methyl sites for hydroxylation is 1. The van der Waals surface area contributed by atoms with Gasteiger partial charge in [0.05, 0.1) is 31.9 Å². The van der Waals surface area contributed by atoms with Gasteiger partial charge in [-0.15, -0.1) is 0 Å². The molecule has 1 aromatic carbocycles. The molecule has 0 aliphatic heterocycles. The average Bonchev–Trinajstić information content (AvgIpc) is 2.36. The van der Waals surface area contributed by atoms with Crippen LogP contribution in [0.3, 0.4) is 0 Å². The Hall–Kier alpha value is -0.810. The molecule has 0 aliphatic carbocycles. The summed E-state index contributed by atoms with van der Waals surface area (Å²) in [6.07, 6.45) is 0. The largest absolute Gasteiger partial charge is 0.490 e. The lowest BCUT2D eigenvalue weighted by molar-refractivity contribution is -0.880. The lowest BCUT2D eigenvalue weighted by Gasteiger charge is -2.13. The molecule has 0 fully saturated rings. The van der Waals surface area contributed by atoms with Crippen molar-refractivity contribution < 1.29 is 19.5 Å². The molecule has 0 saturated heterocycles. The molecule has 0 aromatic heterocycles. The van der Waals surface area contributed by atoms with Crippen LogP contribution in [0.15, 0.2) is 18.2 Å². The molecule has 1 unspecified atom stereocenters. The number of ether oxygens (including phenoxy) is 2. The molecule has 1 atom stereocenters. The molecule has 19 heavy (non-hydrogen) atoms. The normalized spacial score (nSPS) is 12.4. The fourth-order valence-electron chi connectivity index (χ4n) is 1.60. The van der Waals surface area contributed by atoms with E-state index in [1.807, 2.05) is 32.2 Å². The molecule has 5 heteroatoms. The van der Waals surface area contributed by atoms with Crippen LogP contribution in [0.5, 0.6) is 5.75 Å². The number of likely N-dealkylation sites (N-methyl/N-ethyl adjacent to an activating group) is 1. The van der Waals surface area contributed by atoms with Gasteiger partial charge in [0, 0.05) is 0 Å². The first-order chi connectivity index (χ1) is 9.13. The molecule has 108 valence electrons. The van der Waals surface area contributed by atoms with Gasteiger partial charge in [-0.05, 0) is 24.6 Å². The Morgan fingerprint density at radius 3 is 2.68 bits per heavy atom. The van der Waals surface area contributed by atoms with E-state index in [1.165, 1.54) is 4.90 Å². The van der Waals surface area contributed by atoms with Crippen molar-refractivity contribution in [1.29, 1.82) is 0 Å². The minimum atomic E-state index is 0.209. The van der Waals surface area contributed by atoms with Crippen LogP contribution in [0, 0.1) is 6.92 Å². The van der Waals surface area contributed by atoms with E-state index < -0.39 is 0 Å². The van der Waals surface area contributed by atoms with Crippen molar-refractivity contribution >= 4 is 11.6 Å². The minimum absolute atomic E-state index is 0.209. The molecule has 1 rings (SSSR count). The van der Waals surface area contributed by atoms with Crippen molar-refractivity contribution in [3.63, 3.8) is 0 Å². The van der Waals surface area contributed by atoms with Crippen LogP contribution in [0.25, 0.3) is 0 Å². The zero-order valence-corrected chi connectivity index (χ0v) is 12.4. The first kappa shape index (κ1) is 16.2. The van der Waals surface area contributed by atoms with E-state index >= 15 is 0 Å². The number of aliphatic hydroxyl groups is 1. The third-order valence-electron chi connectivity index (χ3n) is 2.78. The van der Waals surface area contributed by atoms with Gasteiger partial charge in [0.25, 0.3) is 0 Å². The van der Waals surface area contributed by atoms with Crippen LogP contribution >= 0.6 is 11.6 Å². The maximum absolute atomic E-state index is 8.75. The van der Waals surface area contributed by atoms with E-state index in [0.29, 0.717) is 30.6 Å². The summed E-state index contributed by atoms with van der Waals surface area (Å²) in [4.78, 5) is 1.25. The van der Waals surface area contributed by atoms with Crippen LogP contribution in [-0.2, 0) is 4.74 Å². The highest BCUT2D eigenvalue weighted by Gasteiger charge is 2.02. The second-order valence-electron chi connectivity index (χ2n) is 4.58. The monoisotopic (exact) mass is 288 g/mol. The molecule has 0 aliphatic rings. The summed E-state index contributed by atoms with van der Waals surface area (Å²) < 4.78 is 11.0. The van der Waals surface area contributed by atoms with E-state index in [0.717, 1.165) is 18.7 Å². The highest BCUT2D eigenvalue weighted by Crippen LogP contribution is 2.24. The van der Waals surface area contributed by atoms with E-state index in [1.54, 1.807) is 0 Å². The molecule has 1 aromatic rings. The van der Waals surface area contributed by atoms with Crippen molar-refractivity contribution in [2.75, 3.05) is 46.6 Å². The van der Waals surface area contributed by atoms with Gasteiger partial charge in [0.2, 0.25) is 0 Å². The number of rotatable bonds is 9.